The molecule has 1 aliphatic carbocycles. The molecule has 1 aromatic heterocycles. The van der Waals surface area contributed by atoms with E-state index in [0.29, 0.717) is 23.3 Å². The molecule has 100 valence electrons. The van der Waals surface area contributed by atoms with Gasteiger partial charge in [-0.05, 0) is 37.0 Å². The SMILES string of the molecule is COC(c1noc(-c2cc(Br)ccc2N)n1)C1CC1. The van der Waals surface area contributed by atoms with E-state index in [0.717, 1.165) is 22.9 Å². The molecule has 0 aliphatic heterocycles. The number of methoxy groups -OCH3 is 1. The van der Waals surface area contributed by atoms with Crippen molar-refractivity contribution < 1.29 is 9.26 Å². The molecule has 0 spiro atoms. The molecule has 1 aromatic carbocycles. The van der Waals surface area contributed by atoms with Gasteiger partial charge in [0.2, 0.25) is 5.82 Å². The predicted octanol–water partition coefficient (Wildman–Crippen LogP) is 3.18. The lowest BCUT2D eigenvalue weighted by molar-refractivity contribution is 0.0751. The van der Waals surface area contributed by atoms with Gasteiger partial charge in [-0.1, -0.05) is 21.1 Å². The smallest absolute Gasteiger partial charge is 0.260 e. The quantitative estimate of drug-likeness (QED) is 0.874. The number of nitrogens with zero attached hydrogens (tertiary/aromatic N) is 2. The first-order chi connectivity index (χ1) is 9.19. The summed E-state index contributed by atoms with van der Waals surface area (Å²) in [5, 5.41) is 4.01. The second-order valence-corrected chi connectivity index (χ2v) is 5.60. The summed E-state index contributed by atoms with van der Waals surface area (Å²) < 4.78 is 11.7. The Morgan fingerprint density at radius 3 is 2.95 bits per heavy atom. The molecule has 1 fully saturated rings. The number of nitrogen functional groups attached to an aromatic ring is 1. The Hall–Kier alpha value is -1.40. The molecule has 19 heavy (non-hydrogen) atoms. The predicted molar refractivity (Wildman–Crippen MR) is 74.3 cm³/mol. The van der Waals surface area contributed by atoms with E-state index < -0.39 is 0 Å². The molecule has 1 unspecified atom stereocenters. The number of anilines is 1. The van der Waals surface area contributed by atoms with Gasteiger partial charge < -0.3 is 15.0 Å². The molecular weight excluding hydrogens is 310 g/mol. The van der Waals surface area contributed by atoms with Crippen LogP contribution in [0.3, 0.4) is 0 Å². The van der Waals surface area contributed by atoms with Crippen LogP contribution in [0.2, 0.25) is 0 Å². The highest BCUT2D eigenvalue weighted by molar-refractivity contribution is 9.10. The van der Waals surface area contributed by atoms with Crippen LogP contribution >= 0.6 is 15.9 Å². The Labute approximate surface area is 119 Å². The zero-order valence-corrected chi connectivity index (χ0v) is 12.1. The molecule has 0 saturated heterocycles. The Bertz CT molecular complexity index is 595. The number of hydrogen-bond acceptors (Lipinski definition) is 5. The number of ether oxygens (including phenoxy) is 1. The molecule has 6 heteroatoms. The first-order valence-electron chi connectivity index (χ1n) is 6.11. The van der Waals surface area contributed by atoms with Gasteiger partial charge in [0.05, 0.1) is 5.56 Å². The zero-order chi connectivity index (χ0) is 13.4. The molecule has 3 rings (SSSR count). The largest absolute Gasteiger partial charge is 0.398 e. The van der Waals surface area contributed by atoms with Gasteiger partial charge in [-0.25, -0.2) is 0 Å². The van der Waals surface area contributed by atoms with Crippen molar-refractivity contribution in [1.82, 2.24) is 10.1 Å². The van der Waals surface area contributed by atoms with Gasteiger partial charge in [0.15, 0.2) is 0 Å². The maximum absolute atomic E-state index is 5.93. The van der Waals surface area contributed by atoms with Gasteiger partial charge in [0, 0.05) is 17.3 Å². The first-order valence-corrected chi connectivity index (χ1v) is 6.90. The molecule has 0 amide bonds. The lowest BCUT2D eigenvalue weighted by Crippen LogP contribution is -2.05. The molecule has 2 N–H and O–H groups in total. The number of rotatable bonds is 4. The van der Waals surface area contributed by atoms with Crippen LogP contribution in [-0.2, 0) is 4.74 Å². The first kappa shape index (κ1) is 12.6. The Kier molecular flexibility index (Phi) is 3.28. The second-order valence-electron chi connectivity index (χ2n) is 4.68. The summed E-state index contributed by atoms with van der Waals surface area (Å²) in [5.74, 6) is 1.53. The number of aromatic nitrogens is 2. The van der Waals surface area contributed by atoms with Crippen LogP contribution in [-0.4, -0.2) is 17.3 Å². The normalized spacial score (nSPS) is 16.5. The molecular formula is C13H14BrN3O2. The highest BCUT2D eigenvalue weighted by Gasteiger charge is 2.35. The average molecular weight is 324 g/mol. The summed E-state index contributed by atoms with van der Waals surface area (Å²) in [4.78, 5) is 4.41. The topological polar surface area (TPSA) is 74.2 Å². The summed E-state index contributed by atoms with van der Waals surface area (Å²) in [6.07, 6.45) is 2.23. The standard InChI is InChI=1S/C13H14BrN3O2/c1-18-11(7-2-3-7)12-16-13(19-17-12)9-6-8(14)4-5-10(9)15/h4-7,11H,2-3,15H2,1H3. The van der Waals surface area contributed by atoms with Crippen molar-refractivity contribution in [3.8, 4) is 11.5 Å². The van der Waals surface area contributed by atoms with Crippen LogP contribution in [0.4, 0.5) is 5.69 Å². The lowest BCUT2D eigenvalue weighted by Gasteiger charge is -2.08. The van der Waals surface area contributed by atoms with E-state index >= 15 is 0 Å². The van der Waals surface area contributed by atoms with Gasteiger partial charge in [0.25, 0.3) is 5.89 Å². The van der Waals surface area contributed by atoms with Crippen molar-refractivity contribution in [2.45, 2.75) is 18.9 Å². The summed E-state index contributed by atoms with van der Waals surface area (Å²) >= 11 is 3.41. The lowest BCUT2D eigenvalue weighted by atomic mass is 10.2. The fourth-order valence-electron chi connectivity index (χ4n) is 2.08. The molecule has 1 aliphatic rings. The summed E-state index contributed by atoms with van der Waals surface area (Å²) in [6.45, 7) is 0. The van der Waals surface area contributed by atoms with Crippen molar-refractivity contribution >= 4 is 21.6 Å². The number of nitrogens with two attached hydrogens (primary N) is 1. The molecule has 1 atom stereocenters. The summed E-state index contributed by atoms with van der Waals surface area (Å²) in [7, 11) is 1.67. The number of halogens is 1. The minimum absolute atomic E-state index is 0.0779. The van der Waals surface area contributed by atoms with Crippen molar-refractivity contribution in [3.63, 3.8) is 0 Å². The molecule has 0 radical (unpaired) electrons. The fraction of sp³-hybridized carbons (Fsp3) is 0.385. The molecule has 1 saturated carbocycles. The van der Waals surface area contributed by atoms with Gasteiger partial charge in [0.1, 0.15) is 6.10 Å². The average Bonchev–Trinajstić information content (AvgIpc) is 3.11. The second kappa shape index (κ2) is 4.94. The van der Waals surface area contributed by atoms with Crippen LogP contribution in [0.5, 0.6) is 0 Å². The van der Waals surface area contributed by atoms with Crippen molar-refractivity contribution in [3.05, 3.63) is 28.5 Å². The van der Waals surface area contributed by atoms with E-state index in [4.69, 9.17) is 15.0 Å². The van der Waals surface area contributed by atoms with Crippen LogP contribution in [0.1, 0.15) is 24.8 Å². The maximum Gasteiger partial charge on any atom is 0.260 e. The Morgan fingerprint density at radius 1 is 1.47 bits per heavy atom. The van der Waals surface area contributed by atoms with Gasteiger partial charge >= 0.3 is 0 Å². The summed E-state index contributed by atoms with van der Waals surface area (Å²) in [6, 6.07) is 5.54. The van der Waals surface area contributed by atoms with Crippen molar-refractivity contribution in [2.75, 3.05) is 12.8 Å². The zero-order valence-electron chi connectivity index (χ0n) is 10.5. The monoisotopic (exact) mass is 323 g/mol. The van der Waals surface area contributed by atoms with Crippen LogP contribution in [0.25, 0.3) is 11.5 Å². The maximum atomic E-state index is 5.93. The van der Waals surface area contributed by atoms with E-state index in [9.17, 15) is 0 Å². The minimum Gasteiger partial charge on any atom is -0.398 e. The molecule has 1 heterocycles. The summed E-state index contributed by atoms with van der Waals surface area (Å²) in [5.41, 5.74) is 7.28. The van der Waals surface area contributed by atoms with Gasteiger partial charge in [-0.3, -0.25) is 0 Å². The fourth-order valence-corrected chi connectivity index (χ4v) is 2.44. The molecule has 5 nitrogen and oxygen atoms in total. The van der Waals surface area contributed by atoms with Crippen LogP contribution in [0, 0.1) is 5.92 Å². The highest BCUT2D eigenvalue weighted by Crippen LogP contribution is 2.42. The van der Waals surface area contributed by atoms with Crippen LogP contribution < -0.4 is 5.73 Å². The molecule has 2 aromatic rings. The molecule has 0 bridgehead atoms. The van der Waals surface area contributed by atoms with Crippen LogP contribution in [0.15, 0.2) is 27.2 Å². The third-order valence-corrected chi connectivity index (χ3v) is 3.74. The number of benzene rings is 1. The van der Waals surface area contributed by atoms with Gasteiger partial charge in [-0.15, -0.1) is 0 Å². The van der Waals surface area contributed by atoms with Crippen molar-refractivity contribution in [2.24, 2.45) is 5.92 Å². The minimum atomic E-state index is -0.0779. The van der Waals surface area contributed by atoms with E-state index in [1.165, 1.54) is 0 Å². The van der Waals surface area contributed by atoms with E-state index in [-0.39, 0.29) is 6.10 Å². The van der Waals surface area contributed by atoms with Crippen molar-refractivity contribution in [1.29, 1.82) is 0 Å². The van der Waals surface area contributed by atoms with E-state index in [1.807, 2.05) is 12.1 Å². The number of hydrogen-bond donors (Lipinski definition) is 1. The third-order valence-electron chi connectivity index (χ3n) is 3.25. The van der Waals surface area contributed by atoms with E-state index in [1.54, 1.807) is 13.2 Å². The Balaban J connectivity index is 1.94. The highest BCUT2D eigenvalue weighted by atomic mass is 79.9. The van der Waals surface area contributed by atoms with E-state index in [2.05, 4.69) is 26.1 Å². The Morgan fingerprint density at radius 2 is 2.26 bits per heavy atom. The van der Waals surface area contributed by atoms with Gasteiger partial charge in [-0.2, -0.15) is 4.98 Å². The third kappa shape index (κ3) is 2.50.